The van der Waals surface area contributed by atoms with E-state index in [2.05, 4.69) is 4.74 Å². The van der Waals surface area contributed by atoms with Gasteiger partial charge in [0.2, 0.25) is 0 Å². The van der Waals surface area contributed by atoms with Gasteiger partial charge in [-0.15, -0.1) is 0 Å². The van der Waals surface area contributed by atoms with E-state index in [1.165, 1.54) is 0 Å². The van der Waals surface area contributed by atoms with Crippen LogP contribution in [0.4, 0.5) is 0 Å². The summed E-state index contributed by atoms with van der Waals surface area (Å²) in [4.78, 5) is 19.7. The summed E-state index contributed by atoms with van der Waals surface area (Å²) < 4.78 is 4.04. The van der Waals surface area contributed by atoms with Crippen molar-refractivity contribution in [1.82, 2.24) is 0 Å². The van der Waals surface area contributed by atoms with E-state index in [-0.39, 0.29) is 20.3 Å². The van der Waals surface area contributed by atoms with Crippen LogP contribution in [0, 0.1) is 0 Å². The zero-order valence-corrected chi connectivity index (χ0v) is 5.38. The minimum atomic E-state index is -1.17. The molecule has 4 nitrogen and oxygen atoms in total. The van der Waals surface area contributed by atoms with Crippen molar-refractivity contribution < 1.29 is 39.7 Å². The van der Waals surface area contributed by atoms with E-state index < -0.39 is 18.4 Å². The Kier molecular flexibility index (Phi) is 7.15. The van der Waals surface area contributed by atoms with Crippen molar-refractivity contribution >= 4 is 11.9 Å². The maximum absolute atomic E-state index is 10.0. The summed E-state index contributed by atoms with van der Waals surface area (Å²) in [6.07, 6.45) is -0.559. The molecule has 0 aliphatic carbocycles. The van der Waals surface area contributed by atoms with Crippen LogP contribution >= 0.6 is 0 Å². The van der Waals surface area contributed by atoms with Crippen molar-refractivity contribution in [1.29, 1.82) is 0 Å². The van der Waals surface area contributed by atoms with E-state index in [4.69, 9.17) is 5.11 Å². The summed E-state index contributed by atoms with van der Waals surface area (Å²) in [6, 6.07) is 0. The van der Waals surface area contributed by atoms with Crippen molar-refractivity contribution in [2.75, 3.05) is 7.11 Å². The summed E-state index contributed by atoms with van der Waals surface area (Å²) in [5.41, 5.74) is 0. The van der Waals surface area contributed by atoms with Crippen molar-refractivity contribution in [3.05, 3.63) is 0 Å². The Labute approximate surface area is 65.8 Å². The van der Waals surface area contributed by atoms with Gasteiger partial charge in [0.15, 0.2) is 0 Å². The molecule has 0 bridgehead atoms. The van der Waals surface area contributed by atoms with E-state index in [9.17, 15) is 9.59 Å². The van der Waals surface area contributed by atoms with Gasteiger partial charge in [0.25, 0.3) is 0 Å². The summed E-state index contributed by atoms with van der Waals surface area (Å²) in [5, 5.41) is 7.91. The first-order valence-electron chi connectivity index (χ1n) is 1.95. The maximum atomic E-state index is 10.0. The third kappa shape index (κ3) is 7.54. The van der Waals surface area contributed by atoms with Crippen LogP contribution < -0.4 is 18.9 Å². The smallest absolute Gasteiger partial charge is 1.00 e. The number of carbonyl (C=O) groups excluding carboxylic acids is 1. The van der Waals surface area contributed by atoms with Gasteiger partial charge in [0.1, 0.15) is 6.42 Å². The van der Waals surface area contributed by atoms with Gasteiger partial charge < -0.3 is 11.3 Å². The molecule has 0 rings (SSSR count). The molecule has 0 atom stereocenters. The van der Waals surface area contributed by atoms with Crippen molar-refractivity contribution in [2.45, 2.75) is 6.42 Å². The first kappa shape index (κ1) is 11.3. The number of hydrogen-bond donors (Lipinski definition) is 1. The molecule has 0 unspecified atom stereocenters. The number of carboxylic acids is 1. The molecule has 0 aliphatic heterocycles. The van der Waals surface area contributed by atoms with Gasteiger partial charge in [-0.25, -0.2) is 0 Å². The van der Waals surface area contributed by atoms with Crippen molar-refractivity contribution in [2.24, 2.45) is 0 Å². The Morgan fingerprint density at radius 2 is 2.11 bits per heavy atom. The first-order valence-corrected chi connectivity index (χ1v) is 1.95. The van der Waals surface area contributed by atoms with Crippen LogP contribution in [0.1, 0.15) is 7.85 Å². The fourth-order valence-electron chi connectivity index (χ4n) is 0.196. The molecular weight excluding hydrogens is 119 g/mol. The zero-order chi connectivity index (χ0) is 6.57. The Bertz CT molecular complexity index is 116. The molecule has 0 aromatic rings. The minimum Gasteiger partial charge on any atom is -1.00 e. The molecule has 0 fully saturated rings. The van der Waals surface area contributed by atoms with Crippen LogP contribution in [0.3, 0.4) is 0 Å². The average molecular weight is 126 g/mol. The fraction of sp³-hybridized carbons (Fsp3) is 0.500. The number of hydrogen-bond acceptors (Lipinski definition) is 3. The second-order valence-corrected chi connectivity index (χ2v) is 1.15. The molecule has 0 aliphatic rings. The van der Waals surface area contributed by atoms with Gasteiger partial charge in [-0.3, -0.25) is 9.59 Å². The number of methoxy groups -OCH3 is 1. The Balaban J connectivity index is -0.000000245. The molecule has 0 radical (unpaired) electrons. The van der Waals surface area contributed by atoms with Crippen molar-refractivity contribution in [3.8, 4) is 0 Å². The third-order valence-electron chi connectivity index (χ3n) is 0.523. The SMILES string of the molecule is COC(=O)CC(=O)O.[H-].[Li+]. The second-order valence-electron chi connectivity index (χ2n) is 1.15. The maximum Gasteiger partial charge on any atom is 1.00 e. The van der Waals surface area contributed by atoms with E-state index in [0.717, 1.165) is 7.11 Å². The minimum absolute atomic E-state index is 0. The van der Waals surface area contributed by atoms with Crippen LogP contribution in [0.5, 0.6) is 0 Å². The number of carboxylic acid groups (broad SMARTS) is 1. The summed E-state index contributed by atoms with van der Waals surface area (Å²) >= 11 is 0. The van der Waals surface area contributed by atoms with E-state index >= 15 is 0 Å². The quantitative estimate of drug-likeness (QED) is 0.240. The number of carbonyl (C=O) groups is 2. The largest absolute Gasteiger partial charge is 1.00 e. The van der Waals surface area contributed by atoms with Crippen LogP contribution in [-0.2, 0) is 14.3 Å². The fourth-order valence-corrected chi connectivity index (χ4v) is 0.196. The molecule has 9 heavy (non-hydrogen) atoms. The molecule has 0 saturated carbocycles. The van der Waals surface area contributed by atoms with Crippen molar-refractivity contribution in [3.63, 3.8) is 0 Å². The molecular formula is C4H7LiO4. The van der Waals surface area contributed by atoms with Gasteiger partial charge in [-0.1, -0.05) is 0 Å². The molecule has 0 aromatic heterocycles. The summed E-state index contributed by atoms with van der Waals surface area (Å²) in [6.45, 7) is 0. The molecule has 1 N–H and O–H groups in total. The molecule has 0 aromatic carbocycles. The standard InChI is InChI=1S/C4H6O4.Li.H/c1-8-4(7)2-3(5)6;;/h2H2,1H3,(H,5,6);;/q;+1;-1. The number of rotatable bonds is 2. The summed E-state index contributed by atoms with van der Waals surface area (Å²) in [5.74, 6) is -1.89. The van der Waals surface area contributed by atoms with Gasteiger partial charge in [0, 0.05) is 0 Å². The van der Waals surface area contributed by atoms with Gasteiger partial charge in [0.05, 0.1) is 7.11 Å². The summed E-state index contributed by atoms with van der Waals surface area (Å²) in [7, 11) is 1.14. The molecule has 0 saturated heterocycles. The van der Waals surface area contributed by atoms with E-state index in [1.807, 2.05) is 0 Å². The molecule has 0 heterocycles. The predicted molar refractivity (Wildman–Crippen MR) is 25.4 cm³/mol. The molecule has 0 spiro atoms. The predicted octanol–water partition coefficient (Wildman–Crippen LogP) is -3.25. The van der Waals surface area contributed by atoms with Gasteiger partial charge in [-0.05, 0) is 0 Å². The Morgan fingerprint density at radius 1 is 1.67 bits per heavy atom. The first-order chi connectivity index (χ1) is 3.66. The third-order valence-corrected chi connectivity index (χ3v) is 0.523. The second kappa shape index (κ2) is 5.67. The average Bonchev–Trinajstić information content (AvgIpc) is 1.65. The Morgan fingerprint density at radius 3 is 2.22 bits per heavy atom. The Hall–Kier alpha value is -0.463. The number of ether oxygens (including phenoxy) is 1. The molecule has 5 heteroatoms. The normalized spacial score (nSPS) is 7.22. The van der Waals surface area contributed by atoms with Crippen LogP contribution in [0.2, 0.25) is 0 Å². The number of esters is 1. The molecule has 0 amide bonds. The number of aliphatic carboxylic acids is 1. The zero-order valence-electron chi connectivity index (χ0n) is 6.38. The molecule has 48 valence electrons. The van der Waals surface area contributed by atoms with Crippen LogP contribution in [0.15, 0.2) is 0 Å². The van der Waals surface area contributed by atoms with Crippen LogP contribution in [-0.4, -0.2) is 24.2 Å². The van der Waals surface area contributed by atoms with Gasteiger partial charge >= 0.3 is 30.8 Å². The topological polar surface area (TPSA) is 63.6 Å². The van der Waals surface area contributed by atoms with E-state index in [1.54, 1.807) is 0 Å². The van der Waals surface area contributed by atoms with Gasteiger partial charge in [-0.2, -0.15) is 0 Å². The van der Waals surface area contributed by atoms with E-state index in [0.29, 0.717) is 0 Å². The monoisotopic (exact) mass is 126 g/mol. The van der Waals surface area contributed by atoms with Crippen LogP contribution in [0.25, 0.3) is 0 Å².